The van der Waals surface area contributed by atoms with Crippen LogP contribution in [0.25, 0.3) is 0 Å². The van der Waals surface area contributed by atoms with Crippen LogP contribution in [0, 0.1) is 11.7 Å². The fourth-order valence-corrected chi connectivity index (χ4v) is 4.30. The van der Waals surface area contributed by atoms with Gasteiger partial charge in [-0.3, -0.25) is 4.98 Å². The highest BCUT2D eigenvalue weighted by Gasteiger charge is 2.42. The quantitative estimate of drug-likeness (QED) is 0.510. The Hall–Kier alpha value is -2.29. The molecule has 5 nitrogen and oxygen atoms in total. The lowest BCUT2D eigenvalue weighted by molar-refractivity contribution is -0.819. The van der Waals surface area contributed by atoms with Crippen LogP contribution in [0.4, 0.5) is 4.39 Å². The maximum atomic E-state index is 13.8. The smallest absolute Gasteiger partial charge is 0.260 e. The first-order chi connectivity index (χ1) is 13.9. The van der Waals surface area contributed by atoms with Gasteiger partial charge in [-0.05, 0) is 54.3 Å². The fraction of sp³-hybridized carbons (Fsp3) is 0.286. The van der Waals surface area contributed by atoms with Crippen molar-refractivity contribution in [2.75, 3.05) is 13.8 Å². The Morgan fingerprint density at radius 1 is 1.28 bits per heavy atom. The number of thiocarbonyl (C=S) groups is 1. The zero-order chi connectivity index (χ0) is 20.9. The first-order valence-electron chi connectivity index (χ1n) is 9.28. The van der Waals surface area contributed by atoms with Crippen LogP contribution in [-0.4, -0.2) is 34.8 Å². The van der Waals surface area contributed by atoms with Gasteiger partial charge in [-0.2, -0.15) is 0 Å². The highest BCUT2D eigenvalue weighted by molar-refractivity contribution is 8.02. The Kier molecular flexibility index (Phi) is 7.00. The molecule has 1 aliphatic rings. The second kappa shape index (κ2) is 9.47. The van der Waals surface area contributed by atoms with Gasteiger partial charge in [0, 0.05) is 24.1 Å². The van der Waals surface area contributed by atoms with E-state index in [1.54, 1.807) is 19.3 Å². The third-order valence-electron chi connectivity index (χ3n) is 4.40. The minimum Gasteiger partial charge on any atom is -0.419 e. The largest absolute Gasteiger partial charge is 0.419 e. The van der Waals surface area contributed by atoms with E-state index in [1.807, 2.05) is 30.6 Å². The van der Waals surface area contributed by atoms with Crippen molar-refractivity contribution in [2.45, 2.75) is 25.3 Å². The molecule has 8 heteroatoms. The summed E-state index contributed by atoms with van der Waals surface area (Å²) in [5, 5.41) is 4.13. The van der Waals surface area contributed by atoms with Crippen molar-refractivity contribution >= 4 is 35.5 Å². The van der Waals surface area contributed by atoms with Gasteiger partial charge in [-0.1, -0.05) is 26.0 Å². The Labute approximate surface area is 180 Å². The van der Waals surface area contributed by atoms with Crippen molar-refractivity contribution in [3.05, 3.63) is 70.9 Å². The molecule has 0 fully saturated rings. The lowest BCUT2D eigenvalue weighted by Gasteiger charge is -2.31. The predicted octanol–water partition coefficient (Wildman–Crippen LogP) is 4.68. The van der Waals surface area contributed by atoms with Crippen LogP contribution in [0.3, 0.4) is 0 Å². The minimum absolute atomic E-state index is 0.197. The van der Waals surface area contributed by atoms with Crippen molar-refractivity contribution in [1.29, 1.82) is 0 Å². The zero-order valence-electron chi connectivity index (χ0n) is 16.6. The number of aliphatic imine (C=N–C) groups is 1. The van der Waals surface area contributed by atoms with Gasteiger partial charge >= 0.3 is 0 Å². The summed E-state index contributed by atoms with van der Waals surface area (Å²) in [4.78, 5) is 10.0. The molecule has 3 rings (SSSR count). The lowest BCUT2D eigenvalue weighted by atomic mass is 10.1. The van der Waals surface area contributed by atoms with E-state index in [9.17, 15) is 4.39 Å². The Morgan fingerprint density at radius 3 is 2.76 bits per heavy atom. The molecular formula is C21H24FN4OS2+. The molecule has 0 spiro atoms. The van der Waals surface area contributed by atoms with E-state index in [0.29, 0.717) is 16.2 Å². The Balaban J connectivity index is 2.02. The molecule has 0 saturated heterocycles. The van der Waals surface area contributed by atoms with Crippen molar-refractivity contribution in [3.63, 3.8) is 0 Å². The summed E-state index contributed by atoms with van der Waals surface area (Å²) in [6, 6.07) is 12.4. The molecule has 2 heterocycles. The van der Waals surface area contributed by atoms with E-state index in [-0.39, 0.29) is 18.5 Å². The van der Waals surface area contributed by atoms with Crippen LogP contribution in [0.1, 0.15) is 19.5 Å². The summed E-state index contributed by atoms with van der Waals surface area (Å²) in [6.07, 6.45) is 3.65. The van der Waals surface area contributed by atoms with Crippen LogP contribution in [-0.2, 0) is 11.3 Å². The number of rotatable bonds is 7. The molecule has 1 aromatic carbocycles. The molecule has 0 aliphatic carbocycles. The van der Waals surface area contributed by atoms with Crippen LogP contribution in [0.15, 0.2) is 69.3 Å². The molecule has 1 aliphatic heterocycles. The molecule has 0 saturated carbocycles. The van der Waals surface area contributed by atoms with Gasteiger partial charge in [0.25, 0.3) is 5.17 Å². The summed E-state index contributed by atoms with van der Waals surface area (Å²) in [5.74, 6) is -0.0710. The molecule has 1 unspecified atom stereocenters. The summed E-state index contributed by atoms with van der Waals surface area (Å²) in [6.45, 7) is 5.00. The van der Waals surface area contributed by atoms with Gasteiger partial charge in [0.05, 0.1) is 5.69 Å². The number of nitrogens with one attached hydrogen (secondary N) is 1. The fourth-order valence-electron chi connectivity index (χ4n) is 2.97. The third kappa shape index (κ3) is 5.20. The monoisotopic (exact) mass is 431 g/mol. The summed E-state index contributed by atoms with van der Waals surface area (Å²) >= 11 is 6.70. The third-order valence-corrected chi connectivity index (χ3v) is 5.98. The second-order valence-electron chi connectivity index (χ2n) is 6.97. The first kappa shape index (κ1) is 21.4. The molecule has 0 bridgehead atoms. The molecular weight excluding hydrogens is 407 g/mol. The molecule has 1 N–H and O–H groups in total. The van der Waals surface area contributed by atoms with Crippen molar-refractivity contribution in [2.24, 2.45) is 10.9 Å². The zero-order valence-corrected chi connectivity index (χ0v) is 18.3. The number of quaternary nitrogens is 1. The van der Waals surface area contributed by atoms with Crippen LogP contribution in [0.2, 0.25) is 0 Å². The number of hydrogen-bond donors (Lipinski definition) is 1. The van der Waals surface area contributed by atoms with Crippen LogP contribution >= 0.6 is 24.0 Å². The first-order valence-corrected chi connectivity index (χ1v) is 10.5. The number of allylic oxidation sites excluding steroid dienone is 1. The minimum atomic E-state index is -0.268. The number of benzene rings is 1. The van der Waals surface area contributed by atoms with E-state index in [1.165, 1.54) is 23.9 Å². The summed E-state index contributed by atoms with van der Waals surface area (Å²) < 4.78 is 19.9. The number of aromatic nitrogens is 1. The van der Waals surface area contributed by atoms with Gasteiger partial charge in [0.15, 0.2) is 6.34 Å². The van der Waals surface area contributed by atoms with Gasteiger partial charge < -0.3 is 10.1 Å². The number of ether oxygens (including phenoxy) is 1. The van der Waals surface area contributed by atoms with Crippen LogP contribution in [0.5, 0.6) is 0 Å². The van der Waals surface area contributed by atoms with Gasteiger partial charge in [-0.15, -0.1) is 0 Å². The Morgan fingerprint density at radius 2 is 2.10 bits per heavy atom. The number of hydrogen-bond acceptors (Lipinski definition) is 5. The maximum Gasteiger partial charge on any atom is 0.260 e. The van der Waals surface area contributed by atoms with E-state index < -0.39 is 0 Å². The molecule has 1 aromatic heterocycles. The second-order valence-corrected chi connectivity index (χ2v) is 8.41. The summed E-state index contributed by atoms with van der Waals surface area (Å²) in [7, 11) is 1.72. The molecule has 1 atom stereocenters. The maximum absolute atomic E-state index is 13.8. The SMILES string of the molecule is CNC(=S)OC[N+]1(Cc2ccccn2)C=NC(C(C)C)=C1Sc1cccc(F)c1. The Bertz CT molecular complexity index is 933. The number of pyridine rings is 1. The predicted molar refractivity (Wildman–Crippen MR) is 118 cm³/mol. The highest BCUT2D eigenvalue weighted by Crippen LogP contribution is 2.42. The van der Waals surface area contributed by atoms with E-state index in [0.717, 1.165) is 21.3 Å². The van der Waals surface area contributed by atoms with E-state index in [2.05, 4.69) is 24.1 Å². The average Bonchev–Trinajstić information content (AvgIpc) is 3.05. The van der Waals surface area contributed by atoms with Crippen molar-refractivity contribution < 1.29 is 13.6 Å². The topological polar surface area (TPSA) is 46.5 Å². The van der Waals surface area contributed by atoms with Gasteiger partial charge in [0.1, 0.15) is 18.1 Å². The average molecular weight is 432 g/mol. The molecule has 152 valence electrons. The molecule has 0 radical (unpaired) electrons. The van der Waals surface area contributed by atoms with E-state index >= 15 is 0 Å². The molecule has 0 amide bonds. The number of nitrogens with zero attached hydrogens (tertiary/aromatic N) is 3. The molecule has 2 aromatic rings. The normalized spacial score (nSPS) is 18.4. The highest BCUT2D eigenvalue weighted by atomic mass is 32.2. The lowest BCUT2D eigenvalue weighted by Crippen LogP contribution is -2.46. The molecule has 29 heavy (non-hydrogen) atoms. The van der Waals surface area contributed by atoms with Crippen molar-refractivity contribution in [1.82, 2.24) is 10.3 Å². The number of thioether (sulfide) groups is 1. The van der Waals surface area contributed by atoms with Gasteiger partial charge in [-0.25, -0.2) is 13.9 Å². The standard InChI is InChI=1S/C21H23FN4OS2/c1-15(2)19-20(29-18-9-6-7-16(22)11-18)26(13-25-19,14-27-21(28)23-3)12-17-8-4-5-10-24-17/h4-11,13,15H,12,14H2,1-3H3/p+1. The van der Waals surface area contributed by atoms with Gasteiger partial charge in [0.2, 0.25) is 11.8 Å². The van der Waals surface area contributed by atoms with Crippen molar-refractivity contribution in [3.8, 4) is 0 Å². The van der Waals surface area contributed by atoms with Crippen LogP contribution < -0.4 is 5.32 Å². The summed E-state index contributed by atoms with van der Waals surface area (Å²) in [5.41, 5.74) is 1.86. The number of halogens is 1. The van der Waals surface area contributed by atoms with E-state index in [4.69, 9.17) is 21.9 Å².